The predicted molar refractivity (Wildman–Crippen MR) is 86.2 cm³/mol. The first kappa shape index (κ1) is 13.9. The second-order valence-electron chi connectivity index (χ2n) is 6.53. The van der Waals surface area contributed by atoms with Crippen LogP contribution in [0.4, 0.5) is 5.69 Å². The lowest BCUT2D eigenvalue weighted by Gasteiger charge is -2.29. The van der Waals surface area contributed by atoms with Crippen molar-refractivity contribution in [2.45, 2.75) is 64.0 Å². The quantitative estimate of drug-likeness (QED) is 0.830. The topological polar surface area (TPSA) is 15.3 Å². The van der Waals surface area contributed by atoms with E-state index in [1.54, 1.807) is 11.1 Å². The van der Waals surface area contributed by atoms with E-state index < -0.39 is 0 Å². The van der Waals surface area contributed by atoms with E-state index in [1.807, 2.05) is 0 Å². The number of hydrogen-bond acceptors (Lipinski definition) is 2. The van der Waals surface area contributed by atoms with Crippen molar-refractivity contribution in [3.05, 3.63) is 29.3 Å². The first-order valence-corrected chi connectivity index (χ1v) is 8.39. The predicted octanol–water partition coefficient (Wildman–Crippen LogP) is 4.20. The third-order valence-corrected chi connectivity index (χ3v) is 5.06. The maximum absolute atomic E-state index is 3.55. The number of rotatable bonds is 3. The van der Waals surface area contributed by atoms with Crippen LogP contribution in [0.5, 0.6) is 0 Å². The number of fused-ring (bicyclic) bond motifs is 1. The summed E-state index contributed by atoms with van der Waals surface area (Å²) in [6.45, 7) is 2.25. The highest BCUT2D eigenvalue weighted by Gasteiger charge is 2.19. The molecule has 0 saturated heterocycles. The molecule has 0 aromatic heterocycles. The van der Waals surface area contributed by atoms with Crippen molar-refractivity contribution in [3.63, 3.8) is 0 Å². The molecule has 2 nitrogen and oxygen atoms in total. The van der Waals surface area contributed by atoms with Crippen LogP contribution in [-0.4, -0.2) is 24.5 Å². The maximum atomic E-state index is 3.55. The van der Waals surface area contributed by atoms with Crippen molar-refractivity contribution in [2.24, 2.45) is 0 Å². The summed E-state index contributed by atoms with van der Waals surface area (Å²) in [4.78, 5) is 2.61. The van der Waals surface area contributed by atoms with E-state index >= 15 is 0 Å². The number of hydrogen-bond donors (Lipinski definition) is 1. The molecule has 20 heavy (non-hydrogen) atoms. The third-order valence-electron chi connectivity index (χ3n) is 5.06. The fraction of sp³-hybridized carbons (Fsp3) is 0.667. The zero-order valence-corrected chi connectivity index (χ0v) is 12.8. The Morgan fingerprint density at radius 3 is 2.70 bits per heavy atom. The lowest BCUT2D eigenvalue weighted by atomic mass is 9.96. The van der Waals surface area contributed by atoms with E-state index in [9.17, 15) is 0 Å². The Balaban J connectivity index is 1.70. The van der Waals surface area contributed by atoms with Crippen LogP contribution in [-0.2, 0) is 13.0 Å². The van der Waals surface area contributed by atoms with Gasteiger partial charge in [0.2, 0.25) is 0 Å². The molecule has 1 heterocycles. The molecular formula is C18H28N2. The van der Waals surface area contributed by atoms with Gasteiger partial charge in [0.15, 0.2) is 0 Å². The molecule has 1 aliphatic carbocycles. The van der Waals surface area contributed by atoms with Gasteiger partial charge in [0.1, 0.15) is 0 Å². The summed E-state index contributed by atoms with van der Waals surface area (Å²) >= 11 is 0. The van der Waals surface area contributed by atoms with Crippen molar-refractivity contribution in [3.8, 4) is 0 Å². The summed E-state index contributed by atoms with van der Waals surface area (Å²) in [5.41, 5.74) is 4.49. The van der Waals surface area contributed by atoms with E-state index in [2.05, 4.69) is 35.5 Å². The lowest BCUT2D eigenvalue weighted by molar-refractivity contribution is 0.212. The molecular weight excluding hydrogens is 244 g/mol. The molecule has 1 N–H and O–H groups in total. The Kier molecular flexibility index (Phi) is 4.62. The molecule has 1 aromatic rings. The first-order valence-electron chi connectivity index (χ1n) is 8.39. The van der Waals surface area contributed by atoms with Crippen molar-refractivity contribution >= 4 is 5.69 Å². The van der Waals surface area contributed by atoms with Crippen LogP contribution in [0.15, 0.2) is 18.2 Å². The number of nitrogens with zero attached hydrogens (tertiary/aromatic N) is 1. The largest absolute Gasteiger partial charge is 0.385 e. The summed E-state index contributed by atoms with van der Waals surface area (Å²) in [5, 5.41) is 3.55. The summed E-state index contributed by atoms with van der Waals surface area (Å²) in [5.74, 6) is 0. The van der Waals surface area contributed by atoms with E-state index in [0.29, 0.717) is 0 Å². The molecule has 1 aliphatic heterocycles. The van der Waals surface area contributed by atoms with Crippen LogP contribution >= 0.6 is 0 Å². The fourth-order valence-electron chi connectivity index (χ4n) is 3.83. The van der Waals surface area contributed by atoms with Crippen molar-refractivity contribution in [2.75, 3.05) is 18.9 Å². The Morgan fingerprint density at radius 1 is 1.10 bits per heavy atom. The summed E-state index contributed by atoms with van der Waals surface area (Å²) in [7, 11) is 2.33. The number of benzene rings is 1. The molecule has 1 saturated carbocycles. The van der Waals surface area contributed by atoms with Gasteiger partial charge in [-0.15, -0.1) is 0 Å². The Labute approximate surface area is 123 Å². The van der Waals surface area contributed by atoms with Gasteiger partial charge in [-0.3, -0.25) is 4.90 Å². The zero-order chi connectivity index (χ0) is 13.8. The van der Waals surface area contributed by atoms with Crippen LogP contribution in [0.25, 0.3) is 0 Å². The normalized spacial score (nSPS) is 20.3. The molecule has 0 bridgehead atoms. The molecule has 1 aromatic carbocycles. The minimum atomic E-state index is 0.796. The Hall–Kier alpha value is -1.02. The van der Waals surface area contributed by atoms with Gasteiger partial charge in [0.25, 0.3) is 0 Å². The summed E-state index contributed by atoms with van der Waals surface area (Å²) in [6, 6.07) is 7.58. The molecule has 3 rings (SSSR count). The molecule has 1 fully saturated rings. The Morgan fingerprint density at radius 2 is 1.90 bits per heavy atom. The van der Waals surface area contributed by atoms with E-state index in [0.717, 1.165) is 19.1 Å². The van der Waals surface area contributed by atoms with Crippen LogP contribution in [0.2, 0.25) is 0 Å². The van der Waals surface area contributed by atoms with Gasteiger partial charge in [0, 0.05) is 24.8 Å². The highest BCUT2D eigenvalue weighted by Crippen LogP contribution is 2.28. The van der Waals surface area contributed by atoms with Crippen molar-refractivity contribution in [1.29, 1.82) is 0 Å². The zero-order valence-electron chi connectivity index (χ0n) is 12.8. The lowest BCUT2D eigenvalue weighted by Crippen LogP contribution is -2.31. The van der Waals surface area contributed by atoms with Crippen LogP contribution in [0, 0.1) is 0 Å². The minimum absolute atomic E-state index is 0.796. The van der Waals surface area contributed by atoms with Gasteiger partial charge in [-0.25, -0.2) is 0 Å². The molecule has 0 amide bonds. The van der Waals surface area contributed by atoms with Crippen LogP contribution in [0.1, 0.15) is 56.1 Å². The molecule has 0 spiro atoms. The van der Waals surface area contributed by atoms with Gasteiger partial charge in [-0.05, 0) is 49.9 Å². The highest BCUT2D eigenvalue weighted by atomic mass is 15.1. The number of nitrogens with one attached hydrogen (secondary N) is 1. The second kappa shape index (κ2) is 6.62. The maximum Gasteiger partial charge on any atom is 0.0375 e. The van der Waals surface area contributed by atoms with Crippen molar-refractivity contribution in [1.82, 2.24) is 4.90 Å². The van der Waals surface area contributed by atoms with Gasteiger partial charge in [-0.1, -0.05) is 37.8 Å². The van der Waals surface area contributed by atoms with Gasteiger partial charge < -0.3 is 5.32 Å². The second-order valence-corrected chi connectivity index (χ2v) is 6.53. The minimum Gasteiger partial charge on any atom is -0.385 e. The monoisotopic (exact) mass is 272 g/mol. The van der Waals surface area contributed by atoms with Gasteiger partial charge >= 0.3 is 0 Å². The third kappa shape index (κ3) is 3.17. The van der Waals surface area contributed by atoms with E-state index in [4.69, 9.17) is 0 Å². The average Bonchev–Trinajstić information content (AvgIpc) is 2.77. The van der Waals surface area contributed by atoms with Crippen LogP contribution < -0.4 is 5.32 Å². The highest BCUT2D eigenvalue weighted by molar-refractivity contribution is 5.56. The molecule has 0 radical (unpaired) electrons. The molecule has 2 heteroatoms. The molecule has 110 valence electrons. The number of anilines is 1. The molecule has 0 atom stereocenters. The van der Waals surface area contributed by atoms with Crippen molar-refractivity contribution < 1.29 is 0 Å². The average molecular weight is 272 g/mol. The molecule has 0 unspecified atom stereocenters. The standard InChI is InChI=1S/C18H28N2/c1-20(16-9-4-2-3-5-10-16)14-15-8-6-12-18-17(15)11-7-13-19-18/h6,8,12,16,19H,2-5,7,9-11,13-14H2,1H3. The van der Waals surface area contributed by atoms with Crippen LogP contribution in [0.3, 0.4) is 0 Å². The fourth-order valence-corrected chi connectivity index (χ4v) is 3.83. The van der Waals surface area contributed by atoms with Gasteiger partial charge in [-0.2, -0.15) is 0 Å². The summed E-state index contributed by atoms with van der Waals surface area (Å²) in [6.07, 6.45) is 11.0. The van der Waals surface area contributed by atoms with Gasteiger partial charge in [0.05, 0.1) is 0 Å². The first-order chi connectivity index (χ1) is 9.84. The van der Waals surface area contributed by atoms with E-state index in [-0.39, 0.29) is 0 Å². The smallest absolute Gasteiger partial charge is 0.0375 e. The summed E-state index contributed by atoms with van der Waals surface area (Å²) < 4.78 is 0. The Bertz CT molecular complexity index is 433. The van der Waals surface area contributed by atoms with E-state index in [1.165, 1.54) is 57.1 Å². The SMILES string of the molecule is CN(Cc1cccc2c1CCCN2)C1CCCCCC1. The molecule has 2 aliphatic rings.